The van der Waals surface area contributed by atoms with Gasteiger partial charge in [0.1, 0.15) is 6.04 Å². The van der Waals surface area contributed by atoms with E-state index in [4.69, 9.17) is 0 Å². The van der Waals surface area contributed by atoms with Crippen molar-refractivity contribution in [3.05, 3.63) is 47.5 Å². The number of amides is 3. The Morgan fingerprint density at radius 3 is 2.83 bits per heavy atom. The lowest BCUT2D eigenvalue weighted by Gasteiger charge is -2.35. The number of hydrogen-bond acceptors (Lipinski definition) is 2. The van der Waals surface area contributed by atoms with Crippen LogP contribution in [0.15, 0.2) is 42.0 Å². The minimum absolute atomic E-state index is 0.113. The molecule has 128 valence electrons. The molecule has 0 aromatic heterocycles. The lowest BCUT2D eigenvalue weighted by molar-refractivity contribution is -0.127. The van der Waals surface area contributed by atoms with Crippen molar-refractivity contribution < 1.29 is 9.59 Å². The number of urea groups is 1. The van der Waals surface area contributed by atoms with Gasteiger partial charge in [0.25, 0.3) is 0 Å². The summed E-state index contributed by atoms with van der Waals surface area (Å²) >= 11 is 0. The highest BCUT2D eigenvalue weighted by Gasteiger charge is 2.34. The van der Waals surface area contributed by atoms with Gasteiger partial charge in [-0.05, 0) is 37.7 Å². The number of piperazine rings is 1. The molecule has 0 bridgehead atoms. The third-order valence-corrected chi connectivity index (χ3v) is 4.70. The van der Waals surface area contributed by atoms with Crippen LogP contribution in [-0.2, 0) is 4.79 Å². The molecule has 1 aliphatic heterocycles. The Bertz CT molecular complexity index is 612. The van der Waals surface area contributed by atoms with Gasteiger partial charge >= 0.3 is 6.03 Å². The van der Waals surface area contributed by atoms with Crippen molar-refractivity contribution in [1.82, 2.24) is 15.5 Å². The summed E-state index contributed by atoms with van der Waals surface area (Å²) in [7, 11) is 0. The van der Waals surface area contributed by atoms with E-state index in [2.05, 4.69) is 16.7 Å². The first-order chi connectivity index (χ1) is 11.8. The molecule has 0 radical (unpaired) electrons. The first-order valence-corrected chi connectivity index (χ1v) is 8.81. The van der Waals surface area contributed by atoms with Crippen molar-refractivity contribution >= 4 is 11.9 Å². The Labute approximate surface area is 143 Å². The number of benzene rings is 1. The van der Waals surface area contributed by atoms with Gasteiger partial charge in [0.05, 0.1) is 0 Å². The van der Waals surface area contributed by atoms with Crippen LogP contribution in [0.25, 0.3) is 0 Å². The summed E-state index contributed by atoms with van der Waals surface area (Å²) in [6.45, 7) is 1.66. The summed E-state index contributed by atoms with van der Waals surface area (Å²) in [6.07, 6.45) is 8.04. The number of nitrogens with one attached hydrogen (secondary N) is 2. The van der Waals surface area contributed by atoms with Gasteiger partial charge in [-0.25, -0.2) is 4.79 Å². The molecular weight excluding hydrogens is 302 g/mol. The van der Waals surface area contributed by atoms with Gasteiger partial charge in [0, 0.05) is 19.6 Å². The average molecular weight is 327 g/mol. The Morgan fingerprint density at radius 1 is 1.25 bits per heavy atom. The van der Waals surface area contributed by atoms with E-state index in [1.807, 2.05) is 30.3 Å². The van der Waals surface area contributed by atoms with Crippen molar-refractivity contribution in [3.8, 4) is 0 Å². The van der Waals surface area contributed by atoms with E-state index >= 15 is 0 Å². The number of nitrogens with zero attached hydrogens (tertiary/aromatic N) is 1. The first-order valence-electron chi connectivity index (χ1n) is 8.81. The monoisotopic (exact) mass is 327 g/mol. The summed E-state index contributed by atoms with van der Waals surface area (Å²) in [4.78, 5) is 26.5. The molecule has 1 fully saturated rings. The molecule has 3 rings (SSSR count). The van der Waals surface area contributed by atoms with Crippen LogP contribution in [0.3, 0.4) is 0 Å². The number of carbonyl (C=O) groups is 2. The van der Waals surface area contributed by atoms with E-state index < -0.39 is 6.04 Å². The number of hydrogen-bond donors (Lipinski definition) is 2. The zero-order valence-corrected chi connectivity index (χ0v) is 14.0. The summed E-state index contributed by atoms with van der Waals surface area (Å²) in [5.74, 6) is -0.113. The molecule has 1 aliphatic carbocycles. The second-order valence-corrected chi connectivity index (χ2v) is 6.39. The van der Waals surface area contributed by atoms with Crippen LogP contribution in [-0.4, -0.2) is 36.5 Å². The second-order valence-electron chi connectivity index (χ2n) is 6.39. The van der Waals surface area contributed by atoms with E-state index in [-0.39, 0.29) is 11.9 Å². The molecule has 1 unspecified atom stereocenters. The number of allylic oxidation sites excluding steroid dienone is 1. The summed E-state index contributed by atoms with van der Waals surface area (Å²) in [6, 6.07) is 8.77. The topological polar surface area (TPSA) is 61.4 Å². The Kier molecular flexibility index (Phi) is 5.51. The van der Waals surface area contributed by atoms with Crippen molar-refractivity contribution in [2.75, 3.05) is 19.6 Å². The van der Waals surface area contributed by atoms with Crippen LogP contribution >= 0.6 is 0 Å². The van der Waals surface area contributed by atoms with Gasteiger partial charge in [-0.15, -0.1) is 0 Å². The lowest BCUT2D eigenvalue weighted by Crippen LogP contribution is -2.54. The third-order valence-electron chi connectivity index (χ3n) is 4.70. The Morgan fingerprint density at radius 2 is 2.08 bits per heavy atom. The largest absolute Gasteiger partial charge is 0.352 e. The van der Waals surface area contributed by atoms with E-state index in [0.29, 0.717) is 19.6 Å². The zero-order chi connectivity index (χ0) is 16.8. The molecule has 3 amide bonds. The highest BCUT2D eigenvalue weighted by molar-refractivity contribution is 5.89. The van der Waals surface area contributed by atoms with Crippen LogP contribution in [0, 0.1) is 0 Å². The van der Waals surface area contributed by atoms with Crippen LogP contribution < -0.4 is 10.6 Å². The second kappa shape index (κ2) is 7.99. The van der Waals surface area contributed by atoms with Crippen molar-refractivity contribution in [3.63, 3.8) is 0 Å². The summed E-state index contributed by atoms with van der Waals surface area (Å²) in [5.41, 5.74) is 2.29. The smallest absolute Gasteiger partial charge is 0.318 e. The molecule has 0 saturated carbocycles. The molecule has 2 aliphatic rings. The van der Waals surface area contributed by atoms with Crippen LogP contribution in [0.5, 0.6) is 0 Å². The normalized spacial score (nSPS) is 21.0. The van der Waals surface area contributed by atoms with Crippen LogP contribution in [0.2, 0.25) is 0 Å². The average Bonchev–Trinajstić information content (AvgIpc) is 2.63. The molecule has 1 aromatic carbocycles. The quantitative estimate of drug-likeness (QED) is 0.835. The van der Waals surface area contributed by atoms with E-state index in [0.717, 1.165) is 24.8 Å². The van der Waals surface area contributed by atoms with E-state index in [1.165, 1.54) is 18.4 Å². The lowest BCUT2D eigenvalue weighted by atomic mass is 9.97. The van der Waals surface area contributed by atoms with Crippen molar-refractivity contribution in [2.45, 2.75) is 38.1 Å². The van der Waals surface area contributed by atoms with E-state index in [9.17, 15) is 9.59 Å². The summed E-state index contributed by atoms with van der Waals surface area (Å²) < 4.78 is 0. The fourth-order valence-corrected chi connectivity index (χ4v) is 3.42. The van der Waals surface area contributed by atoms with Gasteiger partial charge in [-0.2, -0.15) is 0 Å². The van der Waals surface area contributed by atoms with Gasteiger partial charge in [-0.3, -0.25) is 4.79 Å². The molecule has 1 heterocycles. The maximum atomic E-state index is 12.6. The fraction of sp³-hybridized carbons (Fsp3) is 0.474. The van der Waals surface area contributed by atoms with Gasteiger partial charge in [0.2, 0.25) is 5.91 Å². The van der Waals surface area contributed by atoms with Crippen LogP contribution in [0.4, 0.5) is 4.79 Å². The van der Waals surface area contributed by atoms with Gasteiger partial charge in [0.15, 0.2) is 0 Å². The highest BCUT2D eigenvalue weighted by Crippen LogP contribution is 2.23. The number of carbonyl (C=O) groups excluding carboxylic acids is 2. The molecule has 2 N–H and O–H groups in total. The van der Waals surface area contributed by atoms with E-state index in [1.54, 1.807) is 4.90 Å². The van der Waals surface area contributed by atoms with Gasteiger partial charge < -0.3 is 15.5 Å². The molecule has 5 nitrogen and oxygen atoms in total. The molecular formula is C19H25N3O2. The van der Waals surface area contributed by atoms with Crippen LogP contribution in [0.1, 0.15) is 43.7 Å². The highest BCUT2D eigenvalue weighted by atomic mass is 16.2. The molecule has 5 heteroatoms. The predicted octanol–water partition coefficient (Wildman–Crippen LogP) is 2.76. The molecule has 1 saturated heterocycles. The Balaban J connectivity index is 1.61. The maximum Gasteiger partial charge on any atom is 0.318 e. The van der Waals surface area contributed by atoms with Gasteiger partial charge in [-0.1, -0.05) is 42.0 Å². The van der Waals surface area contributed by atoms with Crippen molar-refractivity contribution in [1.29, 1.82) is 0 Å². The SMILES string of the molecule is O=C1NCCN(C(=O)NCCC2=CCCCC2)C1c1ccccc1. The van der Waals surface area contributed by atoms with Crippen molar-refractivity contribution in [2.24, 2.45) is 0 Å². The molecule has 24 heavy (non-hydrogen) atoms. The predicted molar refractivity (Wildman–Crippen MR) is 93.5 cm³/mol. The minimum Gasteiger partial charge on any atom is -0.352 e. The molecule has 0 spiro atoms. The number of rotatable bonds is 4. The first kappa shape index (κ1) is 16.6. The minimum atomic E-state index is -0.547. The zero-order valence-electron chi connectivity index (χ0n) is 14.0. The fourth-order valence-electron chi connectivity index (χ4n) is 3.42. The maximum absolute atomic E-state index is 12.6. The summed E-state index contributed by atoms with van der Waals surface area (Å²) in [5, 5.41) is 5.84. The Hall–Kier alpha value is -2.30. The molecule has 1 atom stereocenters. The third kappa shape index (κ3) is 3.96. The molecule has 1 aromatic rings. The standard InChI is InChI=1S/C19H25N3O2/c23-18-17(16-9-5-2-6-10-16)22(14-13-20-18)19(24)21-12-11-15-7-3-1-4-8-15/h2,5-7,9-10,17H,1,3-4,8,11-14H2,(H,20,23)(H,21,24).